The summed E-state index contributed by atoms with van der Waals surface area (Å²) in [6.07, 6.45) is 2.23. The number of aromatic nitrogens is 1. The van der Waals surface area contributed by atoms with E-state index in [1.54, 1.807) is 13.0 Å². The van der Waals surface area contributed by atoms with Gasteiger partial charge in [0.1, 0.15) is 17.3 Å². The number of nitrogens with one attached hydrogen (secondary N) is 1. The van der Waals surface area contributed by atoms with Gasteiger partial charge in [-0.3, -0.25) is 9.59 Å². The number of hydrogen-bond donors (Lipinski definition) is 1. The summed E-state index contributed by atoms with van der Waals surface area (Å²) in [6, 6.07) is 4.57. The summed E-state index contributed by atoms with van der Waals surface area (Å²) in [5, 5.41) is 2.75. The molecule has 2 aliphatic rings. The summed E-state index contributed by atoms with van der Waals surface area (Å²) >= 11 is 0. The van der Waals surface area contributed by atoms with Crippen molar-refractivity contribution in [1.29, 1.82) is 0 Å². The third-order valence-corrected chi connectivity index (χ3v) is 6.25. The van der Waals surface area contributed by atoms with Crippen LogP contribution in [0.25, 0.3) is 0 Å². The number of carbonyl (C=O) groups is 2. The van der Waals surface area contributed by atoms with Crippen molar-refractivity contribution in [1.82, 2.24) is 14.8 Å². The number of carbonyl (C=O) groups excluding carboxylic acids is 2. The fraction of sp³-hybridized carbons (Fsp3) is 0.478. The fourth-order valence-corrected chi connectivity index (χ4v) is 4.54. The molecule has 166 valence electrons. The molecule has 0 radical (unpaired) electrons. The van der Waals surface area contributed by atoms with Gasteiger partial charge in [-0.25, -0.2) is 8.78 Å². The number of nitrogens with zero attached hydrogens (tertiary/aromatic N) is 2. The zero-order chi connectivity index (χ0) is 22.1. The maximum absolute atomic E-state index is 14.3. The van der Waals surface area contributed by atoms with E-state index in [0.717, 1.165) is 12.8 Å². The molecule has 1 fully saturated rings. The van der Waals surface area contributed by atoms with Crippen molar-refractivity contribution in [3.63, 3.8) is 0 Å². The van der Waals surface area contributed by atoms with E-state index in [1.165, 1.54) is 18.2 Å². The summed E-state index contributed by atoms with van der Waals surface area (Å²) in [5.74, 6) is -1.97. The highest BCUT2D eigenvalue weighted by molar-refractivity contribution is 6.01. The smallest absolute Gasteiger partial charge is 0.270 e. The number of hydrogen-bond acceptors (Lipinski definition) is 3. The van der Waals surface area contributed by atoms with Crippen LogP contribution in [0, 0.1) is 11.6 Å². The van der Waals surface area contributed by atoms with Crippen LogP contribution >= 0.6 is 0 Å². The molecule has 2 unspecified atom stereocenters. The molecule has 2 aromatic rings. The first kappa shape index (κ1) is 21.5. The van der Waals surface area contributed by atoms with Gasteiger partial charge in [-0.2, -0.15) is 0 Å². The molecule has 0 aliphatic carbocycles. The van der Waals surface area contributed by atoms with Crippen LogP contribution in [0.1, 0.15) is 71.3 Å². The van der Waals surface area contributed by atoms with Gasteiger partial charge in [0, 0.05) is 24.7 Å². The third-order valence-electron chi connectivity index (χ3n) is 6.25. The van der Waals surface area contributed by atoms with Crippen LogP contribution in [0.3, 0.4) is 0 Å². The van der Waals surface area contributed by atoms with Crippen molar-refractivity contribution in [3.8, 4) is 0 Å². The van der Waals surface area contributed by atoms with E-state index in [-0.39, 0.29) is 24.1 Å². The molecular formula is C23H27F2N3O3. The van der Waals surface area contributed by atoms with Crippen molar-refractivity contribution in [2.24, 2.45) is 0 Å². The molecule has 2 atom stereocenters. The number of rotatable bonds is 5. The Balaban J connectivity index is 1.65. The zero-order valence-corrected chi connectivity index (χ0v) is 17.8. The lowest BCUT2D eigenvalue weighted by molar-refractivity contribution is 0.0683. The Morgan fingerprint density at radius 1 is 1.26 bits per heavy atom. The second kappa shape index (κ2) is 8.78. The predicted octanol–water partition coefficient (Wildman–Crippen LogP) is 3.80. The molecule has 6 nitrogen and oxygen atoms in total. The van der Waals surface area contributed by atoms with Gasteiger partial charge in [-0.15, -0.1) is 0 Å². The van der Waals surface area contributed by atoms with Gasteiger partial charge >= 0.3 is 0 Å². The first-order chi connectivity index (χ1) is 14.9. The van der Waals surface area contributed by atoms with Crippen molar-refractivity contribution >= 4 is 11.8 Å². The van der Waals surface area contributed by atoms with E-state index in [1.807, 2.05) is 16.4 Å². The Morgan fingerprint density at radius 2 is 2.00 bits per heavy atom. The van der Waals surface area contributed by atoms with E-state index >= 15 is 0 Å². The summed E-state index contributed by atoms with van der Waals surface area (Å²) in [6.45, 7) is 5.61. The van der Waals surface area contributed by atoms with E-state index in [0.29, 0.717) is 43.1 Å². The minimum Gasteiger partial charge on any atom is -0.373 e. The van der Waals surface area contributed by atoms with Gasteiger partial charge in [0.15, 0.2) is 0 Å². The normalized spacial score (nSPS) is 19.2. The highest BCUT2D eigenvalue weighted by atomic mass is 19.1. The van der Waals surface area contributed by atoms with E-state index in [4.69, 9.17) is 4.74 Å². The first-order valence-electron chi connectivity index (χ1n) is 10.8. The van der Waals surface area contributed by atoms with Crippen LogP contribution in [-0.4, -0.2) is 40.5 Å². The molecule has 2 amide bonds. The van der Waals surface area contributed by atoms with Crippen molar-refractivity contribution < 1.29 is 23.1 Å². The lowest BCUT2D eigenvalue weighted by Crippen LogP contribution is -2.35. The third kappa shape index (κ3) is 3.96. The molecule has 0 spiro atoms. The number of halogens is 2. The number of benzene rings is 1. The van der Waals surface area contributed by atoms with Gasteiger partial charge in [-0.1, -0.05) is 13.0 Å². The summed E-state index contributed by atoms with van der Waals surface area (Å²) in [4.78, 5) is 28.2. The Morgan fingerprint density at radius 3 is 2.65 bits per heavy atom. The van der Waals surface area contributed by atoms with Crippen LogP contribution in [0.15, 0.2) is 24.3 Å². The molecule has 1 saturated heterocycles. The Labute approximate surface area is 180 Å². The van der Waals surface area contributed by atoms with Crippen LogP contribution in [-0.2, 0) is 17.9 Å². The Hall–Kier alpha value is -2.74. The molecule has 2 aliphatic heterocycles. The highest BCUT2D eigenvalue weighted by Gasteiger charge is 2.32. The summed E-state index contributed by atoms with van der Waals surface area (Å²) in [5.41, 5.74) is 1.22. The standard InChI is InChI=1S/C23H27F2N3O3/c1-3-18(21-16(24)7-4-8-17(21)25)26-22(29)15-12-19(28-10-11-31-13-20(15)28)23(30)27-9-5-6-14(27)2/h4,7-8,12,14,18H,3,5-6,9-11,13H2,1-2H3,(H,26,29). The van der Waals surface area contributed by atoms with E-state index in [2.05, 4.69) is 5.32 Å². The van der Waals surface area contributed by atoms with Gasteiger partial charge in [0.25, 0.3) is 11.8 Å². The van der Waals surface area contributed by atoms with E-state index < -0.39 is 23.6 Å². The van der Waals surface area contributed by atoms with Crippen molar-refractivity contribution in [2.45, 2.75) is 58.3 Å². The topological polar surface area (TPSA) is 63.6 Å². The second-order valence-electron chi connectivity index (χ2n) is 8.15. The first-order valence-corrected chi connectivity index (χ1v) is 10.8. The highest BCUT2D eigenvalue weighted by Crippen LogP contribution is 2.28. The Bertz CT molecular complexity index is 984. The average Bonchev–Trinajstić information content (AvgIpc) is 3.36. The lowest BCUT2D eigenvalue weighted by Gasteiger charge is -2.24. The number of amides is 2. The molecule has 1 N–H and O–H groups in total. The molecule has 3 heterocycles. The molecule has 1 aromatic heterocycles. The number of fused-ring (bicyclic) bond motifs is 1. The van der Waals surface area contributed by atoms with Crippen LogP contribution in [0.4, 0.5) is 8.78 Å². The van der Waals surface area contributed by atoms with Gasteiger partial charge in [-0.05, 0) is 44.4 Å². The number of ether oxygens (including phenoxy) is 1. The number of likely N-dealkylation sites (tertiary alicyclic amines) is 1. The monoisotopic (exact) mass is 431 g/mol. The van der Waals surface area contributed by atoms with Crippen LogP contribution in [0.2, 0.25) is 0 Å². The minimum absolute atomic E-state index is 0.0978. The van der Waals surface area contributed by atoms with Gasteiger partial charge in [0.05, 0.1) is 30.5 Å². The fourth-order valence-electron chi connectivity index (χ4n) is 4.54. The van der Waals surface area contributed by atoms with Crippen molar-refractivity contribution in [3.05, 3.63) is 58.4 Å². The average molecular weight is 431 g/mol. The maximum Gasteiger partial charge on any atom is 0.270 e. The summed E-state index contributed by atoms with van der Waals surface area (Å²) < 4.78 is 35.9. The SMILES string of the molecule is CCC(NC(=O)c1cc(C(=O)N2CCCC2C)n2c1COCC2)c1c(F)cccc1F. The van der Waals surface area contributed by atoms with E-state index in [9.17, 15) is 18.4 Å². The molecule has 8 heteroatoms. The van der Waals surface area contributed by atoms with Gasteiger partial charge in [0.2, 0.25) is 0 Å². The van der Waals surface area contributed by atoms with Crippen molar-refractivity contribution in [2.75, 3.05) is 13.2 Å². The lowest BCUT2D eigenvalue weighted by atomic mass is 10.0. The summed E-state index contributed by atoms with van der Waals surface area (Å²) in [7, 11) is 0. The van der Waals surface area contributed by atoms with Gasteiger partial charge < -0.3 is 19.5 Å². The molecule has 0 bridgehead atoms. The largest absolute Gasteiger partial charge is 0.373 e. The molecular weight excluding hydrogens is 404 g/mol. The minimum atomic E-state index is -0.827. The molecule has 31 heavy (non-hydrogen) atoms. The Kier molecular flexibility index (Phi) is 6.09. The second-order valence-corrected chi connectivity index (χ2v) is 8.15. The predicted molar refractivity (Wildman–Crippen MR) is 111 cm³/mol. The maximum atomic E-state index is 14.3. The van der Waals surface area contributed by atoms with Crippen LogP contribution in [0.5, 0.6) is 0 Å². The molecule has 1 aromatic carbocycles. The van der Waals surface area contributed by atoms with Crippen LogP contribution < -0.4 is 5.32 Å². The molecule has 4 rings (SSSR count). The molecule has 0 saturated carbocycles. The zero-order valence-electron chi connectivity index (χ0n) is 17.8. The quantitative estimate of drug-likeness (QED) is 0.783.